The van der Waals surface area contributed by atoms with Gasteiger partial charge in [0, 0.05) is 19.0 Å². The van der Waals surface area contributed by atoms with Crippen molar-refractivity contribution in [3.05, 3.63) is 29.3 Å². The zero-order valence-electron chi connectivity index (χ0n) is 15.3. The third-order valence-electron chi connectivity index (χ3n) is 4.88. The lowest BCUT2D eigenvalue weighted by molar-refractivity contribution is -0.151. The number of hydrogen-bond donors (Lipinski definition) is 2. The van der Waals surface area contributed by atoms with Crippen molar-refractivity contribution < 1.29 is 27.9 Å². The molecule has 9 heteroatoms. The summed E-state index contributed by atoms with van der Waals surface area (Å²) in [5.74, 6) is -1.24. The molecular weight excluding hydrogens is 372 g/mol. The zero-order valence-corrected chi connectivity index (χ0v) is 16.2. The van der Waals surface area contributed by atoms with Crippen LogP contribution in [0, 0.1) is 13.8 Å². The number of benzene rings is 1. The van der Waals surface area contributed by atoms with E-state index in [-0.39, 0.29) is 23.9 Å². The molecule has 8 nitrogen and oxygen atoms in total. The van der Waals surface area contributed by atoms with Gasteiger partial charge in [-0.15, -0.1) is 0 Å². The maximum absolute atomic E-state index is 13.0. The first-order valence-corrected chi connectivity index (χ1v) is 10.4. The van der Waals surface area contributed by atoms with Gasteiger partial charge >= 0.3 is 5.97 Å². The minimum atomic E-state index is -3.98. The fraction of sp³-hybridized carbons (Fsp3) is 0.556. The maximum Gasteiger partial charge on any atom is 0.325 e. The van der Waals surface area contributed by atoms with E-state index in [1.807, 2.05) is 6.92 Å². The fourth-order valence-electron chi connectivity index (χ4n) is 3.00. The first-order valence-electron chi connectivity index (χ1n) is 8.91. The average Bonchev–Trinajstić information content (AvgIpc) is 3.32. The molecule has 0 aromatic heterocycles. The summed E-state index contributed by atoms with van der Waals surface area (Å²) in [5, 5.41) is 12.6. The van der Waals surface area contributed by atoms with Crippen molar-refractivity contribution >= 4 is 21.9 Å². The fourth-order valence-corrected chi connectivity index (χ4v) is 4.72. The van der Waals surface area contributed by atoms with Crippen molar-refractivity contribution in [3.8, 4) is 0 Å². The lowest BCUT2D eigenvalue weighted by atomic mass is 10.1. The van der Waals surface area contributed by atoms with Gasteiger partial charge in [-0.3, -0.25) is 9.59 Å². The van der Waals surface area contributed by atoms with E-state index in [0.717, 1.165) is 28.3 Å². The summed E-state index contributed by atoms with van der Waals surface area (Å²) in [4.78, 5) is 24.1. The Hall–Kier alpha value is -1.97. The van der Waals surface area contributed by atoms with Gasteiger partial charge in [0.05, 0.1) is 11.0 Å². The summed E-state index contributed by atoms with van der Waals surface area (Å²) >= 11 is 0. The highest BCUT2D eigenvalue weighted by Gasteiger charge is 2.44. The van der Waals surface area contributed by atoms with Crippen molar-refractivity contribution in [2.75, 3.05) is 13.2 Å². The van der Waals surface area contributed by atoms with Gasteiger partial charge in [0.15, 0.2) is 6.61 Å². The van der Waals surface area contributed by atoms with Gasteiger partial charge in [-0.25, -0.2) is 8.42 Å². The Bertz CT molecular complexity index is 849. The van der Waals surface area contributed by atoms with Crippen LogP contribution in [0.1, 0.15) is 30.4 Å². The number of nitrogens with zero attached hydrogens (tertiary/aromatic N) is 1. The molecule has 0 radical (unpaired) electrons. The topological polar surface area (TPSA) is 113 Å². The summed E-state index contributed by atoms with van der Waals surface area (Å²) < 4.78 is 31.9. The lowest BCUT2D eigenvalue weighted by Gasteiger charge is -2.22. The Labute approximate surface area is 158 Å². The van der Waals surface area contributed by atoms with Gasteiger partial charge < -0.3 is 15.2 Å². The number of nitrogens with one attached hydrogen (secondary N) is 1. The lowest BCUT2D eigenvalue weighted by Crippen LogP contribution is -2.42. The number of aliphatic hydroxyl groups excluding tert-OH is 1. The molecule has 1 aromatic carbocycles. The highest BCUT2D eigenvalue weighted by atomic mass is 32.2. The second kappa shape index (κ2) is 7.57. The number of hydrogen-bond acceptors (Lipinski definition) is 6. The number of sulfonamides is 1. The molecule has 0 unspecified atom stereocenters. The van der Waals surface area contributed by atoms with Crippen LogP contribution < -0.4 is 5.32 Å². The highest BCUT2D eigenvalue weighted by Crippen LogP contribution is 2.28. The van der Waals surface area contributed by atoms with E-state index in [9.17, 15) is 23.1 Å². The number of aryl methyl sites for hydroxylation is 2. The van der Waals surface area contributed by atoms with Crippen LogP contribution in [0.5, 0.6) is 0 Å². The number of carbonyl (C=O) groups excluding carboxylic acids is 2. The molecule has 2 aliphatic rings. The normalized spacial score (nSPS) is 23.2. The summed E-state index contributed by atoms with van der Waals surface area (Å²) in [5.41, 5.74) is 1.76. The van der Waals surface area contributed by atoms with Crippen molar-refractivity contribution in [3.63, 3.8) is 0 Å². The van der Waals surface area contributed by atoms with Gasteiger partial charge in [-0.1, -0.05) is 6.07 Å². The number of carbonyl (C=O) groups is 2. The van der Waals surface area contributed by atoms with Crippen LogP contribution in [0.3, 0.4) is 0 Å². The first-order chi connectivity index (χ1) is 12.7. The van der Waals surface area contributed by atoms with E-state index in [2.05, 4.69) is 5.32 Å². The second-order valence-corrected chi connectivity index (χ2v) is 9.07. The van der Waals surface area contributed by atoms with E-state index < -0.39 is 40.7 Å². The molecule has 1 amide bonds. The number of esters is 1. The van der Waals surface area contributed by atoms with E-state index in [1.165, 1.54) is 6.07 Å². The van der Waals surface area contributed by atoms with Gasteiger partial charge in [0.2, 0.25) is 10.0 Å². The van der Waals surface area contributed by atoms with E-state index >= 15 is 0 Å². The molecule has 2 N–H and O–H groups in total. The quantitative estimate of drug-likeness (QED) is 0.667. The highest BCUT2D eigenvalue weighted by molar-refractivity contribution is 7.89. The Morgan fingerprint density at radius 3 is 2.59 bits per heavy atom. The molecule has 2 fully saturated rings. The van der Waals surface area contributed by atoms with Crippen LogP contribution in [-0.4, -0.2) is 61.0 Å². The standard InChI is InChI=1S/C18H24N2O6S/c1-11-3-6-15(7-12(11)2)27(24,25)20-9-14(21)8-16(20)18(23)26-10-17(22)19-13-4-5-13/h3,6-7,13-14,16,21H,4-5,8-10H2,1-2H3,(H,19,22)/t14-,16+/m1/s1. The van der Waals surface area contributed by atoms with Crippen LogP contribution in [0.2, 0.25) is 0 Å². The van der Waals surface area contributed by atoms with Crippen molar-refractivity contribution in [2.24, 2.45) is 0 Å². The largest absolute Gasteiger partial charge is 0.454 e. The van der Waals surface area contributed by atoms with Crippen molar-refractivity contribution in [2.45, 2.75) is 56.2 Å². The monoisotopic (exact) mass is 396 g/mol. The number of ether oxygens (including phenoxy) is 1. The van der Waals surface area contributed by atoms with Crippen molar-refractivity contribution in [1.82, 2.24) is 9.62 Å². The van der Waals surface area contributed by atoms with E-state index in [1.54, 1.807) is 19.1 Å². The number of β-amino-alcohol motifs (C(OH)–C–C–N with tert-alkyl or cyclic N) is 1. The van der Waals surface area contributed by atoms with Crippen LogP contribution in [0.4, 0.5) is 0 Å². The van der Waals surface area contributed by atoms with Crippen LogP contribution >= 0.6 is 0 Å². The van der Waals surface area contributed by atoms with Crippen LogP contribution in [-0.2, 0) is 24.3 Å². The Morgan fingerprint density at radius 1 is 1.26 bits per heavy atom. The maximum atomic E-state index is 13.0. The molecule has 1 saturated heterocycles. The predicted molar refractivity (Wildman–Crippen MR) is 96.3 cm³/mol. The Balaban J connectivity index is 1.73. The summed E-state index contributed by atoms with van der Waals surface area (Å²) in [7, 11) is -3.98. The van der Waals surface area contributed by atoms with E-state index in [0.29, 0.717) is 0 Å². The van der Waals surface area contributed by atoms with Gasteiger partial charge in [0.1, 0.15) is 6.04 Å². The molecular formula is C18H24N2O6S. The SMILES string of the molecule is Cc1ccc(S(=O)(=O)N2C[C@H](O)C[C@H]2C(=O)OCC(=O)NC2CC2)cc1C. The molecule has 148 valence electrons. The molecule has 0 spiro atoms. The molecule has 2 atom stereocenters. The molecule has 1 heterocycles. The minimum absolute atomic E-state index is 0.0592. The molecule has 0 bridgehead atoms. The zero-order chi connectivity index (χ0) is 19.8. The summed E-state index contributed by atoms with van der Waals surface area (Å²) in [6.45, 7) is 3.03. The Morgan fingerprint density at radius 2 is 1.96 bits per heavy atom. The number of rotatable bonds is 6. The molecule has 1 aliphatic carbocycles. The number of amides is 1. The van der Waals surface area contributed by atoms with Crippen molar-refractivity contribution in [1.29, 1.82) is 0 Å². The predicted octanol–water partition coefficient (Wildman–Crippen LogP) is 0.249. The van der Waals surface area contributed by atoms with Crippen LogP contribution in [0.15, 0.2) is 23.1 Å². The third-order valence-corrected chi connectivity index (χ3v) is 6.75. The first kappa shape index (κ1) is 19.8. The number of aliphatic hydroxyl groups is 1. The van der Waals surface area contributed by atoms with Crippen LogP contribution in [0.25, 0.3) is 0 Å². The Kier molecular flexibility index (Phi) is 5.55. The summed E-state index contributed by atoms with van der Waals surface area (Å²) in [6, 6.07) is 3.71. The molecule has 1 aromatic rings. The minimum Gasteiger partial charge on any atom is -0.454 e. The van der Waals surface area contributed by atoms with Gasteiger partial charge in [-0.2, -0.15) is 4.31 Å². The second-order valence-electron chi connectivity index (χ2n) is 7.18. The molecule has 3 rings (SSSR count). The third kappa shape index (κ3) is 4.48. The molecule has 1 aliphatic heterocycles. The van der Waals surface area contributed by atoms with Gasteiger partial charge in [-0.05, 0) is 49.9 Å². The molecule has 27 heavy (non-hydrogen) atoms. The summed E-state index contributed by atoms with van der Waals surface area (Å²) in [6.07, 6.45) is 0.796. The van der Waals surface area contributed by atoms with E-state index in [4.69, 9.17) is 4.74 Å². The van der Waals surface area contributed by atoms with Gasteiger partial charge in [0.25, 0.3) is 5.91 Å². The average molecular weight is 396 g/mol. The molecule has 1 saturated carbocycles. The smallest absolute Gasteiger partial charge is 0.325 e.